The van der Waals surface area contributed by atoms with Crippen LogP contribution in [0.2, 0.25) is 0 Å². The lowest BCUT2D eigenvalue weighted by Crippen LogP contribution is -2.17. The molecule has 432 valence electrons. The van der Waals surface area contributed by atoms with Gasteiger partial charge in [0.2, 0.25) is 0 Å². The van der Waals surface area contributed by atoms with Crippen molar-refractivity contribution in [2.75, 3.05) is 9.80 Å². The minimum atomic E-state index is -0.202. The first-order valence-electron chi connectivity index (χ1n) is 31.1. The Morgan fingerprint density at radius 2 is 0.523 bits per heavy atom. The van der Waals surface area contributed by atoms with Gasteiger partial charge in [-0.1, -0.05) is 269 Å². The molecule has 0 N–H and O–H groups in total. The van der Waals surface area contributed by atoms with E-state index in [9.17, 15) is 0 Å². The second-order valence-corrected chi connectivity index (χ2v) is 29.6. The van der Waals surface area contributed by atoms with Crippen LogP contribution >= 0.6 is 0 Å². The highest BCUT2D eigenvalue weighted by molar-refractivity contribution is 5.99. The van der Waals surface area contributed by atoms with E-state index in [4.69, 9.17) is 0 Å². The molecule has 0 radical (unpaired) electrons. The third-order valence-electron chi connectivity index (χ3n) is 18.7. The molecule has 0 amide bonds. The maximum absolute atomic E-state index is 2.44. The van der Waals surface area contributed by atoms with Gasteiger partial charge in [0.15, 0.2) is 0 Å². The van der Waals surface area contributed by atoms with Crippen LogP contribution in [0.25, 0.3) is 57.3 Å². The van der Waals surface area contributed by atoms with Gasteiger partial charge >= 0.3 is 0 Å². The summed E-state index contributed by atoms with van der Waals surface area (Å²) in [5, 5.41) is 2.48. The summed E-state index contributed by atoms with van der Waals surface area (Å²) in [6, 6.07) is 78.4. The molecule has 2 aliphatic rings. The quantitative estimate of drug-likeness (QED) is 0.126. The molecule has 0 aromatic heterocycles. The van der Waals surface area contributed by atoms with Gasteiger partial charge in [-0.3, -0.25) is 0 Å². The van der Waals surface area contributed by atoms with Crippen LogP contribution in [0.15, 0.2) is 206 Å². The number of fused-ring (bicyclic) bond motifs is 7. The molecule has 0 unspecified atom stereocenters. The number of benzene rings is 10. The number of anilines is 6. The fourth-order valence-corrected chi connectivity index (χ4v) is 13.3. The predicted octanol–water partition coefficient (Wildman–Crippen LogP) is 23.9. The molecule has 2 nitrogen and oxygen atoms in total. The smallest absolute Gasteiger partial charge is 0.0465 e. The van der Waals surface area contributed by atoms with Crippen molar-refractivity contribution < 1.29 is 0 Å². The Kier molecular flexibility index (Phi) is 14.3. The van der Waals surface area contributed by atoms with Crippen LogP contribution in [0.4, 0.5) is 34.1 Å². The summed E-state index contributed by atoms with van der Waals surface area (Å²) in [7, 11) is 0. The normalized spacial score (nSPS) is 14.4. The average Bonchev–Trinajstić information content (AvgIpc) is 1.61. The van der Waals surface area contributed by atoms with E-state index >= 15 is 0 Å². The van der Waals surface area contributed by atoms with Crippen molar-refractivity contribution in [2.24, 2.45) is 0 Å². The largest absolute Gasteiger partial charge is 0.310 e. The fraction of sp³-hybridized carbons (Fsp3) is 0.262. The van der Waals surface area contributed by atoms with Gasteiger partial charge in [-0.2, -0.15) is 0 Å². The zero-order chi connectivity index (χ0) is 60.9. The van der Waals surface area contributed by atoms with Crippen molar-refractivity contribution in [1.82, 2.24) is 0 Å². The van der Waals surface area contributed by atoms with Crippen LogP contribution in [0, 0.1) is 0 Å². The summed E-state index contributed by atoms with van der Waals surface area (Å²) in [6.45, 7) is 36.9. The predicted molar refractivity (Wildman–Crippen MR) is 374 cm³/mol. The first kappa shape index (κ1) is 57.9. The van der Waals surface area contributed by atoms with E-state index in [-0.39, 0.29) is 32.5 Å². The third kappa shape index (κ3) is 10.8. The summed E-state index contributed by atoms with van der Waals surface area (Å²) < 4.78 is 0. The van der Waals surface area contributed by atoms with Gasteiger partial charge in [-0.05, 0) is 194 Å². The molecular weight excluding hydrogens is 1040 g/mol. The SMILES string of the molecule is CC(C)(C)c1ccc(N(c2ccc(C(C)(C)C)cc2)c2ccc3c(c2)C(C)(C)c2cc(/C=C/c4cccc5c(/C=C/c6ccc7c(c6)C(C)(C)c6cc(N(c8ccc(C(C)(C)C)cc8)c8ccc(C(C)(C)C)cc8)ccc6-7)cccc45)ccc2-3)cc1. The molecular formula is C84H86N2. The summed E-state index contributed by atoms with van der Waals surface area (Å²) in [6.07, 6.45) is 9.19. The Bertz CT molecular complexity index is 3870. The summed E-state index contributed by atoms with van der Waals surface area (Å²) in [5.41, 5.74) is 27.6. The highest BCUT2D eigenvalue weighted by Crippen LogP contribution is 2.53. The van der Waals surface area contributed by atoms with E-state index in [2.05, 4.69) is 351 Å². The Balaban J connectivity index is 0.800. The van der Waals surface area contributed by atoms with Gasteiger partial charge in [-0.25, -0.2) is 0 Å². The average molecular weight is 1120 g/mol. The highest BCUT2D eigenvalue weighted by atomic mass is 15.1. The summed E-state index contributed by atoms with van der Waals surface area (Å²) in [5.74, 6) is 0. The zero-order valence-electron chi connectivity index (χ0n) is 53.8. The van der Waals surface area contributed by atoms with E-state index in [1.165, 1.54) is 111 Å². The number of hydrogen-bond acceptors (Lipinski definition) is 2. The number of hydrogen-bond donors (Lipinski definition) is 0. The minimum Gasteiger partial charge on any atom is -0.310 e. The van der Waals surface area contributed by atoms with Gasteiger partial charge in [-0.15, -0.1) is 0 Å². The zero-order valence-corrected chi connectivity index (χ0v) is 53.8. The molecule has 0 aliphatic heterocycles. The molecule has 0 saturated heterocycles. The van der Waals surface area contributed by atoms with Crippen molar-refractivity contribution in [3.63, 3.8) is 0 Å². The second kappa shape index (κ2) is 21.2. The van der Waals surface area contributed by atoms with Crippen LogP contribution < -0.4 is 9.80 Å². The molecule has 0 fully saturated rings. The van der Waals surface area contributed by atoms with Crippen molar-refractivity contribution in [3.8, 4) is 22.3 Å². The minimum absolute atomic E-state index is 0.0729. The molecule has 0 saturated carbocycles. The van der Waals surface area contributed by atoms with Crippen LogP contribution in [0.3, 0.4) is 0 Å². The Labute approximate surface area is 514 Å². The van der Waals surface area contributed by atoms with E-state index in [1.807, 2.05) is 0 Å². The summed E-state index contributed by atoms with van der Waals surface area (Å²) in [4.78, 5) is 4.85. The second-order valence-electron chi connectivity index (χ2n) is 29.6. The monoisotopic (exact) mass is 1120 g/mol. The molecule has 86 heavy (non-hydrogen) atoms. The maximum atomic E-state index is 2.44. The first-order valence-corrected chi connectivity index (χ1v) is 31.1. The Morgan fingerprint density at radius 3 is 0.802 bits per heavy atom. The van der Waals surface area contributed by atoms with E-state index in [1.54, 1.807) is 0 Å². The number of rotatable bonds is 10. The molecule has 2 heteroatoms. The van der Waals surface area contributed by atoms with Gasteiger partial charge in [0.05, 0.1) is 0 Å². The molecule has 10 aromatic rings. The third-order valence-corrected chi connectivity index (χ3v) is 18.7. The Morgan fingerprint density at radius 1 is 0.267 bits per heavy atom. The lowest BCUT2D eigenvalue weighted by Gasteiger charge is -2.29. The van der Waals surface area contributed by atoms with Gasteiger partial charge in [0, 0.05) is 45.0 Å². The van der Waals surface area contributed by atoms with Gasteiger partial charge in [0.25, 0.3) is 0 Å². The lowest BCUT2D eigenvalue weighted by molar-refractivity contribution is 0.590. The van der Waals surface area contributed by atoms with Crippen molar-refractivity contribution in [1.29, 1.82) is 0 Å². The number of nitrogens with zero attached hydrogens (tertiary/aromatic N) is 2. The van der Waals surface area contributed by atoms with Gasteiger partial charge < -0.3 is 9.80 Å². The van der Waals surface area contributed by atoms with Crippen LogP contribution in [0.5, 0.6) is 0 Å². The van der Waals surface area contributed by atoms with Crippen molar-refractivity contribution in [2.45, 2.75) is 143 Å². The van der Waals surface area contributed by atoms with Gasteiger partial charge in [0.1, 0.15) is 0 Å². The van der Waals surface area contributed by atoms with E-state index in [0.717, 1.165) is 22.7 Å². The molecule has 2 aliphatic carbocycles. The topological polar surface area (TPSA) is 6.48 Å². The van der Waals surface area contributed by atoms with Crippen molar-refractivity contribution >= 4 is 69.2 Å². The Hall–Kier alpha value is -8.46. The van der Waals surface area contributed by atoms with Crippen LogP contribution in [0.1, 0.15) is 178 Å². The standard InChI is InChI=1S/C84H86N2/c1-79(2,3)59-29-37-63(38-30-59)85(64-39-31-60(32-40-64)80(4,5)6)67-45-49-73-71-47-25-55(51-75(71)83(13,14)77(73)53-67)23-27-57-19-17-22-70-58(20-18-21-69(57)70)28-24-56-26-48-72-74-50-46-68(54-78(74)84(15,16)76(72)52-56)86(65-41-33-61(34-42-65)81(7,8)9)66-43-35-62(36-44-66)82(10,11)12/h17-54H,1-16H3/b27-23+,28-24+. The first-order chi connectivity index (χ1) is 40.6. The molecule has 0 heterocycles. The van der Waals surface area contributed by atoms with Crippen molar-refractivity contribution in [3.05, 3.63) is 273 Å². The highest BCUT2D eigenvalue weighted by Gasteiger charge is 2.38. The molecule has 0 atom stereocenters. The van der Waals surface area contributed by atoms with E-state index in [0.29, 0.717) is 0 Å². The molecule has 10 aromatic carbocycles. The maximum Gasteiger partial charge on any atom is 0.0465 e. The molecule has 0 spiro atoms. The molecule has 12 rings (SSSR count). The van der Waals surface area contributed by atoms with Crippen LogP contribution in [-0.4, -0.2) is 0 Å². The summed E-state index contributed by atoms with van der Waals surface area (Å²) >= 11 is 0. The van der Waals surface area contributed by atoms with E-state index < -0.39 is 0 Å². The van der Waals surface area contributed by atoms with Crippen LogP contribution in [-0.2, 0) is 32.5 Å². The molecule has 0 bridgehead atoms. The fourth-order valence-electron chi connectivity index (χ4n) is 13.3. The lowest BCUT2D eigenvalue weighted by atomic mass is 9.81.